The predicted molar refractivity (Wildman–Crippen MR) is 138 cm³/mol. The Hall–Kier alpha value is -2.79. The van der Waals surface area contributed by atoms with E-state index in [1.54, 1.807) is 6.26 Å². The quantitative estimate of drug-likeness (QED) is 0.294. The average molecular weight is 457 g/mol. The minimum atomic E-state index is -2.86. The van der Waals surface area contributed by atoms with Gasteiger partial charge < -0.3 is 4.43 Å². The van der Waals surface area contributed by atoms with Gasteiger partial charge in [0.05, 0.1) is 11.4 Å². The molecule has 4 aromatic rings. The summed E-state index contributed by atoms with van der Waals surface area (Å²) in [5.41, 5.74) is 1.04. The second-order valence-corrected chi connectivity index (χ2v) is 12.8. The summed E-state index contributed by atoms with van der Waals surface area (Å²) in [6, 6.07) is 41.6. The molecule has 3 atom stereocenters. The van der Waals surface area contributed by atoms with Crippen LogP contribution in [0.4, 0.5) is 0 Å². The van der Waals surface area contributed by atoms with Crippen LogP contribution in [0.5, 0.6) is 0 Å². The maximum absolute atomic E-state index is 12.9. The molecule has 4 aromatic carbocycles. The topological polar surface area (TPSA) is 26.3 Å². The second-order valence-electron chi connectivity index (χ2n) is 7.93. The average Bonchev–Trinajstić information content (AvgIpc) is 2.85. The Kier molecular flexibility index (Phi) is 7.15. The van der Waals surface area contributed by atoms with E-state index in [2.05, 4.69) is 79.7 Å². The number of rotatable bonds is 8. The van der Waals surface area contributed by atoms with Crippen molar-refractivity contribution < 1.29 is 8.63 Å². The fraction of sp³-hybridized carbons (Fsp3) is 0.143. The molecule has 0 aliphatic heterocycles. The van der Waals surface area contributed by atoms with Crippen LogP contribution in [0.3, 0.4) is 0 Å². The van der Waals surface area contributed by atoms with Crippen molar-refractivity contribution in [3.05, 3.63) is 127 Å². The first-order valence-electron chi connectivity index (χ1n) is 10.8. The van der Waals surface area contributed by atoms with Gasteiger partial charge in [-0.2, -0.15) is 0 Å². The van der Waals surface area contributed by atoms with E-state index < -0.39 is 19.1 Å². The van der Waals surface area contributed by atoms with E-state index in [4.69, 9.17) is 4.43 Å². The molecule has 0 N–H and O–H groups in total. The lowest BCUT2D eigenvalue weighted by Gasteiger charge is -2.37. The molecule has 0 aliphatic rings. The monoisotopic (exact) mass is 456 g/mol. The Labute approximate surface area is 194 Å². The van der Waals surface area contributed by atoms with E-state index in [0.29, 0.717) is 0 Å². The Balaban J connectivity index is 1.90. The van der Waals surface area contributed by atoms with Crippen LogP contribution in [0.25, 0.3) is 0 Å². The van der Waals surface area contributed by atoms with Gasteiger partial charge in [0, 0.05) is 17.1 Å². The number of hydrogen-bond donors (Lipinski definition) is 0. The van der Waals surface area contributed by atoms with Gasteiger partial charge in [-0.25, -0.2) is 0 Å². The van der Waals surface area contributed by atoms with Crippen LogP contribution in [-0.4, -0.2) is 24.9 Å². The highest BCUT2D eigenvalue weighted by Gasteiger charge is 2.44. The lowest BCUT2D eigenvalue weighted by molar-refractivity contribution is 0.218. The molecule has 0 saturated heterocycles. The van der Waals surface area contributed by atoms with Gasteiger partial charge in [0.15, 0.2) is 0 Å². The molecule has 0 aliphatic carbocycles. The molecule has 0 bridgehead atoms. The molecule has 0 aromatic heterocycles. The SMILES string of the molecule is C[C@@H](O[Si](c1ccccc1)(c1ccccc1)c1ccccc1)[C@H](c1ccccc1)[S@](C)=O. The normalized spacial score (nSPS) is 14.4. The van der Waals surface area contributed by atoms with E-state index >= 15 is 0 Å². The summed E-state index contributed by atoms with van der Waals surface area (Å²) in [6.07, 6.45) is 1.52. The van der Waals surface area contributed by atoms with Crippen molar-refractivity contribution in [3.63, 3.8) is 0 Å². The minimum absolute atomic E-state index is 0.223. The third-order valence-electron chi connectivity index (χ3n) is 5.82. The van der Waals surface area contributed by atoms with Gasteiger partial charge in [0.25, 0.3) is 8.32 Å². The lowest BCUT2D eigenvalue weighted by atomic mass is 10.1. The zero-order chi connectivity index (χ0) is 22.4. The Morgan fingerprint density at radius 1 is 0.625 bits per heavy atom. The fourth-order valence-corrected chi connectivity index (χ4v) is 9.76. The molecule has 0 heterocycles. The van der Waals surface area contributed by atoms with Crippen molar-refractivity contribution in [2.24, 2.45) is 0 Å². The van der Waals surface area contributed by atoms with Gasteiger partial charge in [0.1, 0.15) is 0 Å². The Morgan fingerprint density at radius 3 is 1.31 bits per heavy atom. The summed E-state index contributed by atoms with van der Waals surface area (Å²) < 4.78 is 20.1. The standard InChI is InChI=1S/C28H28O2SSi/c1-23(28(31(2)29)24-15-7-3-8-16-24)30-32(25-17-9-4-10-18-25,26-19-11-5-12-20-26)27-21-13-6-14-22-27/h3-23,28H,1-2H3/t23-,28-,31+/m1/s1. The fourth-order valence-electron chi connectivity index (χ4n) is 4.44. The summed E-state index contributed by atoms with van der Waals surface area (Å²) >= 11 is 0. The maximum Gasteiger partial charge on any atom is 0.288 e. The van der Waals surface area contributed by atoms with Crippen LogP contribution < -0.4 is 15.6 Å². The number of hydrogen-bond acceptors (Lipinski definition) is 2. The third kappa shape index (κ3) is 4.53. The first-order valence-corrected chi connectivity index (χ1v) is 14.4. The van der Waals surface area contributed by atoms with Crippen LogP contribution in [0, 0.1) is 0 Å². The highest BCUT2D eigenvalue weighted by atomic mass is 32.2. The molecule has 0 unspecified atom stereocenters. The maximum atomic E-state index is 12.9. The van der Waals surface area contributed by atoms with Gasteiger partial charge in [-0.1, -0.05) is 121 Å². The van der Waals surface area contributed by atoms with Crippen LogP contribution in [0.1, 0.15) is 17.7 Å². The summed E-state index contributed by atoms with van der Waals surface area (Å²) in [5.74, 6) is 0. The lowest BCUT2D eigenvalue weighted by Crippen LogP contribution is -2.70. The molecule has 2 nitrogen and oxygen atoms in total. The van der Waals surface area contributed by atoms with Crippen molar-refractivity contribution in [1.82, 2.24) is 0 Å². The van der Waals surface area contributed by atoms with Crippen LogP contribution in [0.15, 0.2) is 121 Å². The molecule has 32 heavy (non-hydrogen) atoms. The third-order valence-corrected chi connectivity index (χ3v) is 11.4. The molecule has 0 spiro atoms. The highest BCUT2D eigenvalue weighted by molar-refractivity contribution is 7.84. The second kappa shape index (κ2) is 10.2. The molecule has 0 amide bonds. The van der Waals surface area contributed by atoms with E-state index in [1.807, 2.05) is 48.5 Å². The van der Waals surface area contributed by atoms with Crippen LogP contribution >= 0.6 is 0 Å². The van der Waals surface area contributed by atoms with Crippen LogP contribution in [-0.2, 0) is 15.2 Å². The molecule has 0 saturated carbocycles. The van der Waals surface area contributed by atoms with Crippen molar-refractivity contribution in [2.75, 3.05) is 6.26 Å². The Bertz CT molecular complexity index is 1040. The summed E-state index contributed by atoms with van der Waals surface area (Å²) in [7, 11) is -3.95. The molecule has 162 valence electrons. The van der Waals surface area contributed by atoms with E-state index in [9.17, 15) is 4.21 Å². The van der Waals surface area contributed by atoms with Gasteiger partial charge in [-0.15, -0.1) is 0 Å². The van der Waals surface area contributed by atoms with Crippen molar-refractivity contribution in [3.8, 4) is 0 Å². The van der Waals surface area contributed by atoms with Gasteiger partial charge in [0.2, 0.25) is 0 Å². The van der Waals surface area contributed by atoms with Gasteiger partial charge in [-0.05, 0) is 28.0 Å². The smallest absolute Gasteiger partial charge is 0.288 e. The summed E-state index contributed by atoms with van der Waals surface area (Å²) in [4.78, 5) is 0. The first kappa shape index (κ1) is 22.4. The van der Waals surface area contributed by atoms with Crippen molar-refractivity contribution in [2.45, 2.75) is 18.3 Å². The first-order chi connectivity index (χ1) is 15.6. The van der Waals surface area contributed by atoms with Crippen molar-refractivity contribution in [1.29, 1.82) is 0 Å². The largest absolute Gasteiger partial charge is 0.400 e. The predicted octanol–water partition coefficient (Wildman–Crippen LogP) is 4.18. The molecule has 4 rings (SSSR count). The van der Waals surface area contributed by atoms with Gasteiger partial charge >= 0.3 is 0 Å². The van der Waals surface area contributed by atoms with E-state index in [-0.39, 0.29) is 11.4 Å². The minimum Gasteiger partial charge on any atom is -0.400 e. The van der Waals surface area contributed by atoms with Crippen LogP contribution in [0.2, 0.25) is 0 Å². The number of benzene rings is 4. The van der Waals surface area contributed by atoms with E-state index in [1.165, 1.54) is 15.6 Å². The summed E-state index contributed by atoms with van der Waals surface area (Å²) in [6.45, 7) is 2.07. The molecular formula is C28H28O2SSi. The molecule has 0 fully saturated rings. The zero-order valence-corrected chi connectivity index (χ0v) is 20.2. The Morgan fingerprint density at radius 2 is 0.969 bits per heavy atom. The molecule has 0 radical (unpaired) electrons. The molecular weight excluding hydrogens is 428 g/mol. The van der Waals surface area contributed by atoms with Crippen molar-refractivity contribution >= 4 is 34.7 Å². The highest BCUT2D eigenvalue weighted by Crippen LogP contribution is 2.27. The molecule has 4 heteroatoms. The zero-order valence-electron chi connectivity index (χ0n) is 18.4. The summed E-state index contributed by atoms with van der Waals surface area (Å²) in [5, 5.41) is 3.31. The van der Waals surface area contributed by atoms with Gasteiger partial charge in [-0.3, -0.25) is 4.21 Å². The van der Waals surface area contributed by atoms with E-state index in [0.717, 1.165) is 5.56 Å².